The van der Waals surface area contributed by atoms with Gasteiger partial charge in [-0.2, -0.15) is 0 Å². The van der Waals surface area contributed by atoms with Gasteiger partial charge in [0.05, 0.1) is 0 Å². The van der Waals surface area contributed by atoms with E-state index in [2.05, 4.69) is 26.2 Å². The molecule has 0 fully saturated rings. The third-order valence-electron chi connectivity index (χ3n) is 2.09. The van der Waals surface area contributed by atoms with Gasteiger partial charge in [0.15, 0.2) is 0 Å². The van der Waals surface area contributed by atoms with Gasteiger partial charge < -0.3 is 5.11 Å². The summed E-state index contributed by atoms with van der Waals surface area (Å²) in [5.74, 6) is 1.45. The third kappa shape index (κ3) is 7.77. The molecule has 0 spiro atoms. The molecule has 0 aliphatic heterocycles. The van der Waals surface area contributed by atoms with Gasteiger partial charge in [-0.05, 0) is 19.6 Å². The lowest BCUT2D eigenvalue weighted by molar-refractivity contribution is 0.243. The highest BCUT2D eigenvalue weighted by Crippen LogP contribution is 2.21. The van der Waals surface area contributed by atoms with Crippen molar-refractivity contribution < 1.29 is 5.11 Å². The molecule has 84 valence electrons. The van der Waals surface area contributed by atoms with Gasteiger partial charge >= 0.3 is 0 Å². The predicted molar refractivity (Wildman–Crippen MR) is 69.8 cm³/mol. The molecular formula is C11H22OS2. The van der Waals surface area contributed by atoms with E-state index in [1.54, 1.807) is 10.8 Å². The van der Waals surface area contributed by atoms with Crippen LogP contribution in [0.3, 0.4) is 0 Å². The SMILES string of the molecule is CCCCC(/C=C(\C)CSSC)CO. The summed E-state index contributed by atoms with van der Waals surface area (Å²) in [6.07, 6.45) is 7.87. The first-order chi connectivity index (χ1) is 6.74. The smallest absolute Gasteiger partial charge is 0.0493 e. The molecule has 0 saturated carbocycles. The van der Waals surface area contributed by atoms with Crippen molar-refractivity contribution in [2.24, 2.45) is 5.92 Å². The van der Waals surface area contributed by atoms with Gasteiger partial charge in [0.2, 0.25) is 0 Å². The number of aliphatic hydroxyl groups excluding tert-OH is 1. The van der Waals surface area contributed by atoms with E-state index in [-0.39, 0.29) is 0 Å². The van der Waals surface area contributed by atoms with E-state index in [0.29, 0.717) is 12.5 Å². The van der Waals surface area contributed by atoms with Crippen molar-refractivity contribution in [2.45, 2.75) is 33.1 Å². The lowest BCUT2D eigenvalue weighted by Crippen LogP contribution is -2.03. The minimum atomic E-state index is 0.293. The number of unbranched alkanes of at least 4 members (excludes halogenated alkanes) is 1. The molecule has 0 bridgehead atoms. The molecule has 0 rings (SSSR count). The van der Waals surface area contributed by atoms with Crippen LogP contribution >= 0.6 is 21.6 Å². The average molecular weight is 234 g/mol. The van der Waals surface area contributed by atoms with Crippen molar-refractivity contribution in [2.75, 3.05) is 18.6 Å². The van der Waals surface area contributed by atoms with E-state index < -0.39 is 0 Å². The summed E-state index contributed by atoms with van der Waals surface area (Å²) in [7, 11) is 3.66. The fourth-order valence-corrected chi connectivity index (χ4v) is 2.61. The Hall–Kier alpha value is 0.400. The number of aliphatic hydroxyl groups is 1. The summed E-state index contributed by atoms with van der Waals surface area (Å²) in [6, 6.07) is 0. The van der Waals surface area contributed by atoms with Crippen LogP contribution in [0.4, 0.5) is 0 Å². The van der Waals surface area contributed by atoms with E-state index in [9.17, 15) is 5.11 Å². The van der Waals surface area contributed by atoms with E-state index >= 15 is 0 Å². The number of hydrogen-bond acceptors (Lipinski definition) is 3. The fraction of sp³-hybridized carbons (Fsp3) is 0.818. The summed E-state index contributed by atoms with van der Waals surface area (Å²) in [5.41, 5.74) is 1.39. The average Bonchev–Trinajstić information content (AvgIpc) is 2.21. The number of hydrogen-bond donors (Lipinski definition) is 1. The lowest BCUT2D eigenvalue weighted by atomic mass is 10.0. The van der Waals surface area contributed by atoms with E-state index in [1.807, 2.05) is 10.8 Å². The Morgan fingerprint density at radius 1 is 1.50 bits per heavy atom. The second kappa shape index (κ2) is 9.94. The Balaban J connectivity index is 3.85. The summed E-state index contributed by atoms with van der Waals surface area (Å²) < 4.78 is 0. The second-order valence-electron chi connectivity index (χ2n) is 3.53. The van der Waals surface area contributed by atoms with E-state index in [0.717, 1.165) is 12.2 Å². The Labute approximate surface area is 96.1 Å². The highest BCUT2D eigenvalue weighted by Gasteiger charge is 2.03. The van der Waals surface area contributed by atoms with Crippen LogP contribution in [0, 0.1) is 5.92 Å². The Morgan fingerprint density at radius 2 is 2.21 bits per heavy atom. The maximum absolute atomic E-state index is 9.17. The normalized spacial score (nSPS) is 14.4. The molecule has 0 aromatic heterocycles. The van der Waals surface area contributed by atoms with Crippen LogP contribution in [0.1, 0.15) is 33.1 Å². The molecule has 3 heteroatoms. The number of rotatable bonds is 8. The largest absolute Gasteiger partial charge is 0.396 e. The van der Waals surface area contributed by atoms with Crippen LogP contribution in [-0.2, 0) is 0 Å². The molecule has 0 saturated heterocycles. The molecule has 0 aliphatic rings. The molecule has 1 nitrogen and oxygen atoms in total. The zero-order chi connectivity index (χ0) is 10.8. The van der Waals surface area contributed by atoms with Gasteiger partial charge in [0, 0.05) is 18.3 Å². The van der Waals surface area contributed by atoms with Crippen molar-refractivity contribution in [3.63, 3.8) is 0 Å². The molecule has 0 heterocycles. The third-order valence-corrected chi connectivity index (χ3v) is 3.96. The summed E-state index contributed by atoms with van der Waals surface area (Å²) in [5, 5.41) is 9.17. The molecule has 1 N–H and O–H groups in total. The van der Waals surface area contributed by atoms with Crippen LogP contribution < -0.4 is 0 Å². The fourth-order valence-electron chi connectivity index (χ4n) is 1.30. The van der Waals surface area contributed by atoms with Crippen molar-refractivity contribution in [1.82, 2.24) is 0 Å². The topological polar surface area (TPSA) is 20.2 Å². The van der Waals surface area contributed by atoms with Crippen molar-refractivity contribution in [1.29, 1.82) is 0 Å². The van der Waals surface area contributed by atoms with Crippen LogP contribution in [0.2, 0.25) is 0 Å². The zero-order valence-electron chi connectivity index (χ0n) is 9.45. The van der Waals surface area contributed by atoms with Crippen molar-refractivity contribution >= 4 is 21.6 Å². The monoisotopic (exact) mass is 234 g/mol. The molecule has 0 aromatic carbocycles. The molecular weight excluding hydrogens is 212 g/mol. The summed E-state index contributed by atoms with van der Waals surface area (Å²) in [4.78, 5) is 0. The molecule has 0 aromatic rings. The van der Waals surface area contributed by atoms with Crippen molar-refractivity contribution in [3.05, 3.63) is 11.6 Å². The maximum atomic E-state index is 9.17. The van der Waals surface area contributed by atoms with Gasteiger partial charge in [0.1, 0.15) is 0 Å². The van der Waals surface area contributed by atoms with E-state index in [4.69, 9.17) is 0 Å². The van der Waals surface area contributed by atoms with Crippen LogP contribution in [0.5, 0.6) is 0 Å². The first kappa shape index (κ1) is 14.4. The molecule has 1 atom stereocenters. The minimum Gasteiger partial charge on any atom is -0.396 e. The van der Waals surface area contributed by atoms with Crippen molar-refractivity contribution in [3.8, 4) is 0 Å². The van der Waals surface area contributed by atoms with Gasteiger partial charge in [-0.25, -0.2) is 0 Å². The van der Waals surface area contributed by atoms with Crippen LogP contribution in [0.25, 0.3) is 0 Å². The Kier molecular flexibility index (Phi) is 10.2. The van der Waals surface area contributed by atoms with Crippen LogP contribution in [-0.4, -0.2) is 23.7 Å². The second-order valence-corrected chi connectivity index (χ2v) is 6.09. The zero-order valence-corrected chi connectivity index (χ0v) is 11.1. The quantitative estimate of drug-likeness (QED) is 0.510. The molecule has 0 radical (unpaired) electrons. The lowest BCUT2D eigenvalue weighted by Gasteiger charge is -2.10. The molecule has 0 amide bonds. The summed E-state index contributed by atoms with van der Waals surface area (Å²) >= 11 is 0. The predicted octanol–water partition coefficient (Wildman–Crippen LogP) is 3.74. The van der Waals surface area contributed by atoms with Gasteiger partial charge in [-0.15, -0.1) is 0 Å². The van der Waals surface area contributed by atoms with Gasteiger partial charge in [-0.3, -0.25) is 0 Å². The Bertz CT molecular complexity index is 157. The first-order valence-electron chi connectivity index (χ1n) is 5.18. The standard InChI is InChI=1S/C11H22OS2/c1-4-5-6-11(8-12)7-10(2)9-14-13-3/h7,11-12H,4-6,8-9H2,1-3H3/b10-7+. The maximum Gasteiger partial charge on any atom is 0.0493 e. The Morgan fingerprint density at radius 3 is 2.71 bits per heavy atom. The first-order valence-corrected chi connectivity index (χ1v) is 7.91. The van der Waals surface area contributed by atoms with Crippen LogP contribution in [0.15, 0.2) is 11.6 Å². The molecule has 1 unspecified atom stereocenters. The highest BCUT2D eigenvalue weighted by molar-refractivity contribution is 8.76. The van der Waals surface area contributed by atoms with Gasteiger partial charge in [0.25, 0.3) is 0 Å². The van der Waals surface area contributed by atoms with E-state index in [1.165, 1.54) is 18.4 Å². The highest BCUT2D eigenvalue weighted by atomic mass is 33.1. The molecule has 14 heavy (non-hydrogen) atoms. The minimum absolute atomic E-state index is 0.293. The van der Waals surface area contributed by atoms with Gasteiger partial charge in [-0.1, -0.05) is 53.0 Å². The molecule has 0 aliphatic carbocycles. The summed E-state index contributed by atoms with van der Waals surface area (Å²) in [6.45, 7) is 4.63.